The van der Waals surface area contributed by atoms with E-state index >= 15 is 8.78 Å². The predicted octanol–water partition coefficient (Wildman–Crippen LogP) is 6.77. The van der Waals surface area contributed by atoms with E-state index < -0.39 is 122 Å². The maximum atomic E-state index is 15.2. The Morgan fingerprint density at radius 2 is 1.47 bits per heavy atom. The molecule has 6 atom stereocenters. The Morgan fingerprint density at radius 3 is 2.08 bits per heavy atom. The smallest absolute Gasteiger partial charge is 0.433 e. The van der Waals surface area contributed by atoms with Crippen LogP contribution < -0.4 is 9.91 Å². The number of carbonyl (C=O) groups excluding carboxylic acids is 4. The standard InChI is InChI=1S/C33H19Cl3F8N4O5/c1-46(26-15(34)8-9-17(45-26)33(42,43)44)48-27(50)13-7-6-11-14(18(13)28(48)51)10-31(35)29(52)47(25-23(40)21(38)20(37)22(39)24(25)41)30(53)32(31,36)19(11)12-4-2-3-5-16(12)49/h2-6,8-9,13-14,18-19,49H,7,10H2,1H3. The number of carbonyl (C=O) groups is 4. The van der Waals surface area contributed by atoms with Crippen molar-refractivity contribution in [3.05, 3.63) is 93.4 Å². The van der Waals surface area contributed by atoms with Crippen LogP contribution in [0.1, 0.15) is 30.0 Å². The lowest BCUT2D eigenvalue weighted by Gasteiger charge is -2.50. The van der Waals surface area contributed by atoms with Gasteiger partial charge in [-0.2, -0.15) is 18.2 Å². The Hall–Kier alpha value is -4.48. The van der Waals surface area contributed by atoms with Crippen LogP contribution in [-0.4, -0.2) is 55.5 Å². The highest BCUT2D eigenvalue weighted by Gasteiger charge is 2.77. The molecule has 0 radical (unpaired) electrons. The third-order valence-corrected chi connectivity index (χ3v) is 11.9. The fraction of sp³-hybridized carbons (Fsp3) is 0.303. The molecule has 6 unspecified atom stereocenters. The van der Waals surface area contributed by atoms with Crippen LogP contribution in [0.2, 0.25) is 5.02 Å². The Balaban J connectivity index is 1.38. The van der Waals surface area contributed by atoms with E-state index in [4.69, 9.17) is 34.8 Å². The monoisotopic (exact) mass is 808 g/mol. The number of hydrazine groups is 1. The number of imide groups is 2. The number of hydrogen-bond acceptors (Lipinski definition) is 7. The fourth-order valence-corrected chi connectivity index (χ4v) is 8.99. The van der Waals surface area contributed by atoms with Crippen LogP contribution >= 0.6 is 34.8 Å². The van der Waals surface area contributed by atoms with Crippen LogP contribution in [0.15, 0.2) is 48.0 Å². The van der Waals surface area contributed by atoms with Gasteiger partial charge in [0.25, 0.3) is 23.6 Å². The minimum atomic E-state index is -4.94. The number of halogens is 11. The van der Waals surface area contributed by atoms with E-state index in [0.717, 1.165) is 19.2 Å². The lowest BCUT2D eigenvalue weighted by Crippen LogP contribution is -2.60. The van der Waals surface area contributed by atoms with Crippen molar-refractivity contribution in [3.63, 3.8) is 0 Å². The number of aromatic hydroxyl groups is 1. The van der Waals surface area contributed by atoms with Crippen molar-refractivity contribution in [2.45, 2.75) is 34.7 Å². The van der Waals surface area contributed by atoms with Crippen molar-refractivity contribution in [2.24, 2.45) is 17.8 Å². The zero-order valence-corrected chi connectivity index (χ0v) is 28.6. The molecule has 2 aromatic carbocycles. The zero-order valence-electron chi connectivity index (χ0n) is 26.3. The van der Waals surface area contributed by atoms with Gasteiger partial charge in [-0.05, 0) is 37.0 Å². The van der Waals surface area contributed by atoms with Gasteiger partial charge >= 0.3 is 6.18 Å². The Kier molecular flexibility index (Phi) is 8.36. The van der Waals surface area contributed by atoms with Crippen LogP contribution in [-0.2, 0) is 25.4 Å². The molecule has 0 bridgehead atoms. The number of anilines is 2. The van der Waals surface area contributed by atoms with Crippen LogP contribution in [0.5, 0.6) is 5.75 Å². The quantitative estimate of drug-likeness (QED) is 0.0774. The molecule has 9 nitrogen and oxygen atoms in total. The summed E-state index contributed by atoms with van der Waals surface area (Å²) in [6.45, 7) is 0. The van der Waals surface area contributed by atoms with Gasteiger partial charge in [0.05, 0.1) is 16.9 Å². The number of phenols is 1. The summed E-state index contributed by atoms with van der Waals surface area (Å²) >= 11 is 20.2. The number of benzene rings is 2. The molecule has 3 heterocycles. The summed E-state index contributed by atoms with van der Waals surface area (Å²) in [4.78, 5) is 54.1. The second-order valence-electron chi connectivity index (χ2n) is 12.8. The molecule has 4 aliphatic rings. The first-order chi connectivity index (χ1) is 24.7. The molecule has 4 amide bonds. The van der Waals surface area contributed by atoms with E-state index in [-0.39, 0.29) is 27.5 Å². The molecular weight excluding hydrogens is 791 g/mol. The van der Waals surface area contributed by atoms with Crippen molar-refractivity contribution in [1.29, 1.82) is 0 Å². The average molecular weight is 810 g/mol. The Labute approximate surface area is 307 Å². The van der Waals surface area contributed by atoms with Crippen LogP contribution in [0, 0.1) is 46.8 Å². The molecule has 2 aliphatic carbocycles. The number of rotatable bonds is 4. The van der Waals surface area contributed by atoms with Gasteiger partial charge in [0.15, 0.2) is 38.8 Å². The third-order valence-electron chi connectivity index (χ3n) is 10.2. The van der Waals surface area contributed by atoms with Gasteiger partial charge in [0.1, 0.15) is 17.1 Å². The number of allylic oxidation sites excluding steroid dienone is 2. The van der Waals surface area contributed by atoms with E-state index in [1.54, 1.807) is 0 Å². The van der Waals surface area contributed by atoms with Crippen molar-refractivity contribution in [2.75, 3.05) is 17.0 Å². The first kappa shape index (κ1) is 36.9. The van der Waals surface area contributed by atoms with Gasteiger partial charge in [0.2, 0.25) is 5.82 Å². The Bertz CT molecular complexity index is 2200. The van der Waals surface area contributed by atoms with Crippen LogP contribution in [0.25, 0.3) is 0 Å². The number of hydrogen-bond donors (Lipinski definition) is 1. The molecule has 20 heteroatoms. The summed E-state index contributed by atoms with van der Waals surface area (Å²) in [5.41, 5.74) is -3.53. The van der Waals surface area contributed by atoms with E-state index in [0.29, 0.717) is 16.1 Å². The van der Waals surface area contributed by atoms with E-state index in [2.05, 4.69) is 4.98 Å². The number of para-hydroxylation sites is 1. The SMILES string of the molecule is CN(c1nc(C(F)(F)F)ccc1Cl)N1C(=O)C2CC=C3C(CC4(Cl)C(=O)N(c5c(F)c(F)c(F)c(F)c5F)C(=O)C4(Cl)C3c3ccccc3O)C2C1=O. The van der Waals surface area contributed by atoms with Gasteiger partial charge in [-0.15, -0.1) is 23.2 Å². The molecule has 53 heavy (non-hydrogen) atoms. The normalized spacial score (nSPS) is 28.3. The van der Waals surface area contributed by atoms with Gasteiger partial charge in [-0.1, -0.05) is 41.4 Å². The molecule has 1 saturated carbocycles. The molecule has 278 valence electrons. The summed E-state index contributed by atoms with van der Waals surface area (Å²) in [7, 11) is 1.05. The highest BCUT2D eigenvalue weighted by Crippen LogP contribution is 2.66. The van der Waals surface area contributed by atoms with Crippen molar-refractivity contribution < 1.29 is 59.4 Å². The maximum Gasteiger partial charge on any atom is 0.433 e. The number of pyridine rings is 1. The predicted molar refractivity (Wildman–Crippen MR) is 169 cm³/mol. The topological polar surface area (TPSA) is 111 Å². The molecule has 3 aromatic rings. The molecule has 2 saturated heterocycles. The minimum absolute atomic E-state index is 0.0420. The van der Waals surface area contributed by atoms with Crippen LogP contribution in [0.3, 0.4) is 0 Å². The van der Waals surface area contributed by atoms with Crippen molar-refractivity contribution >= 4 is 69.9 Å². The molecule has 1 N–H and O–H groups in total. The van der Waals surface area contributed by atoms with E-state index in [1.165, 1.54) is 24.3 Å². The van der Waals surface area contributed by atoms with E-state index in [1.807, 2.05) is 0 Å². The van der Waals surface area contributed by atoms with Gasteiger partial charge in [-0.3, -0.25) is 24.2 Å². The first-order valence-electron chi connectivity index (χ1n) is 15.3. The largest absolute Gasteiger partial charge is 0.508 e. The average Bonchev–Trinajstić information content (AvgIpc) is 3.44. The second-order valence-corrected chi connectivity index (χ2v) is 14.4. The highest BCUT2D eigenvalue weighted by atomic mass is 35.5. The molecule has 0 spiro atoms. The molecule has 2 aliphatic heterocycles. The summed E-state index contributed by atoms with van der Waals surface area (Å²) in [6.07, 6.45) is -4.67. The molecule has 7 rings (SSSR count). The summed E-state index contributed by atoms with van der Waals surface area (Å²) in [6, 6.07) is 6.57. The van der Waals surface area contributed by atoms with Crippen LogP contribution in [0.4, 0.5) is 46.6 Å². The zero-order chi connectivity index (χ0) is 38.9. The molecule has 3 fully saturated rings. The highest BCUT2D eigenvalue weighted by molar-refractivity contribution is 6.58. The van der Waals surface area contributed by atoms with Crippen molar-refractivity contribution in [3.8, 4) is 5.75 Å². The fourth-order valence-electron chi connectivity index (χ4n) is 7.83. The lowest BCUT2D eigenvalue weighted by atomic mass is 9.56. The molecular formula is C33H19Cl3F8N4O5. The first-order valence-corrected chi connectivity index (χ1v) is 16.4. The lowest BCUT2D eigenvalue weighted by molar-refractivity contribution is -0.141. The van der Waals surface area contributed by atoms with Gasteiger partial charge in [0, 0.05) is 18.5 Å². The summed E-state index contributed by atoms with van der Waals surface area (Å²) in [5, 5.41) is 11.8. The van der Waals surface area contributed by atoms with Gasteiger partial charge < -0.3 is 5.11 Å². The molecule has 1 aromatic heterocycles. The third kappa shape index (κ3) is 4.85. The number of amides is 4. The summed E-state index contributed by atoms with van der Waals surface area (Å²) < 4.78 is 114. The number of fused-ring (bicyclic) bond motifs is 4. The number of aromatic nitrogens is 1. The number of nitrogens with zero attached hydrogens (tertiary/aromatic N) is 4. The summed E-state index contributed by atoms with van der Waals surface area (Å²) in [5.74, 6) is -25.1. The minimum Gasteiger partial charge on any atom is -0.508 e. The number of alkyl halides is 5. The van der Waals surface area contributed by atoms with E-state index in [9.17, 15) is 50.6 Å². The number of phenolic OH excluding ortho intramolecular Hbond substituents is 1. The maximum absolute atomic E-state index is 15.2. The van der Waals surface area contributed by atoms with Crippen molar-refractivity contribution in [1.82, 2.24) is 9.99 Å². The Morgan fingerprint density at radius 1 is 0.868 bits per heavy atom. The second kappa shape index (κ2) is 12.0. The van der Waals surface area contributed by atoms with Gasteiger partial charge in [-0.25, -0.2) is 31.8 Å².